The zero-order chi connectivity index (χ0) is 14.3. The lowest BCUT2D eigenvalue weighted by atomic mass is 10.2. The normalized spacial score (nSPS) is 10.1. The number of halogens is 1. The molecule has 1 aromatic rings. The number of ether oxygens (including phenoxy) is 3. The third-order valence-corrected chi connectivity index (χ3v) is 2.97. The molecule has 5 nitrogen and oxygen atoms in total. The number of esters is 1. The number of aliphatic hydroxyl groups excluding tert-OH is 1. The molecule has 0 radical (unpaired) electrons. The molecule has 0 spiro atoms. The maximum absolute atomic E-state index is 11.3. The molecule has 6 heteroatoms. The zero-order valence-electron chi connectivity index (χ0n) is 10.9. The number of aliphatic hydroxyl groups is 1. The summed E-state index contributed by atoms with van der Waals surface area (Å²) in [5.41, 5.74) is 0.687. The van der Waals surface area contributed by atoms with Crippen molar-refractivity contribution >= 4 is 21.9 Å². The predicted octanol–water partition coefficient (Wildman–Crippen LogP) is 2.28. The summed E-state index contributed by atoms with van der Waals surface area (Å²) in [5.74, 6) is 0.477. The van der Waals surface area contributed by atoms with Crippen LogP contribution in [-0.2, 0) is 16.1 Å². The molecule has 0 amide bonds. The number of carbonyl (C=O) groups is 1. The fourth-order valence-electron chi connectivity index (χ4n) is 1.42. The second kappa shape index (κ2) is 8.01. The van der Waals surface area contributed by atoms with Crippen molar-refractivity contribution < 1.29 is 24.1 Å². The van der Waals surface area contributed by atoms with E-state index in [-0.39, 0.29) is 13.2 Å². The number of rotatable bonds is 7. The van der Waals surface area contributed by atoms with Crippen LogP contribution >= 0.6 is 15.9 Å². The third kappa shape index (κ3) is 4.72. The van der Waals surface area contributed by atoms with Gasteiger partial charge in [0.05, 0.1) is 19.8 Å². The van der Waals surface area contributed by atoms with Crippen molar-refractivity contribution in [3.63, 3.8) is 0 Å². The summed E-state index contributed by atoms with van der Waals surface area (Å²) >= 11 is 3.32. The quantitative estimate of drug-likeness (QED) is 0.776. The summed E-state index contributed by atoms with van der Waals surface area (Å²) in [4.78, 5) is 11.3. The molecule has 0 aliphatic heterocycles. The highest BCUT2D eigenvalue weighted by Gasteiger charge is 2.12. The molecule has 0 saturated carbocycles. The Morgan fingerprint density at radius 3 is 2.47 bits per heavy atom. The molecule has 0 unspecified atom stereocenters. The van der Waals surface area contributed by atoms with Crippen LogP contribution in [0, 0.1) is 0 Å². The lowest BCUT2D eigenvalue weighted by Gasteiger charge is -2.13. The van der Waals surface area contributed by atoms with Crippen LogP contribution in [-0.4, -0.2) is 30.9 Å². The Morgan fingerprint density at radius 1 is 1.21 bits per heavy atom. The molecule has 0 fully saturated rings. The molecule has 0 aromatic heterocycles. The van der Waals surface area contributed by atoms with Crippen LogP contribution in [0.5, 0.6) is 11.5 Å². The van der Waals surface area contributed by atoms with E-state index in [9.17, 15) is 9.90 Å². The maximum atomic E-state index is 11.3. The van der Waals surface area contributed by atoms with Gasteiger partial charge in [-0.05, 0) is 31.5 Å². The van der Waals surface area contributed by atoms with Gasteiger partial charge in [0.25, 0.3) is 0 Å². The van der Waals surface area contributed by atoms with E-state index in [0.29, 0.717) is 34.7 Å². The number of carbonyl (C=O) groups excluding carboxylic acids is 1. The van der Waals surface area contributed by atoms with Crippen molar-refractivity contribution in [2.45, 2.75) is 20.5 Å². The molecule has 0 aliphatic carbocycles. The first-order valence-corrected chi connectivity index (χ1v) is 6.76. The molecule has 0 aliphatic rings. The molecule has 0 saturated heterocycles. The minimum Gasteiger partial charge on any atom is -0.490 e. The van der Waals surface area contributed by atoms with Crippen LogP contribution < -0.4 is 9.47 Å². The Morgan fingerprint density at radius 2 is 1.89 bits per heavy atom. The van der Waals surface area contributed by atoms with Crippen LogP contribution in [0.3, 0.4) is 0 Å². The summed E-state index contributed by atoms with van der Waals surface area (Å²) < 4.78 is 16.3. The first-order valence-electron chi connectivity index (χ1n) is 5.96. The first kappa shape index (κ1) is 15.8. The second-order valence-corrected chi connectivity index (χ2v) is 4.43. The highest BCUT2D eigenvalue weighted by molar-refractivity contribution is 9.10. The molecular formula is C13H17BrO5. The van der Waals surface area contributed by atoms with Crippen molar-refractivity contribution in [2.24, 2.45) is 0 Å². The second-order valence-electron chi connectivity index (χ2n) is 3.58. The Labute approximate surface area is 120 Å². The average molecular weight is 333 g/mol. The Kier molecular flexibility index (Phi) is 6.66. The minimum absolute atomic E-state index is 0.112. The molecule has 1 aromatic carbocycles. The van der Waals surface area contributed by atoms with E-state index in [0.717, 1.165) is 0 Å². The van der Waals surface area contributed by atoms with Gasteiger partial charge in [-0.25, -0.2) is 4.79 Å². The van der Waals surface area contributed by atoms with E-state index >= 15 is 0 Å². The van der Waals surface area contributed by atoms with Gasteiger partial charge in [0.2, 0.25) is 0 Å². The fourth-order valence-corrected chi connectivity index (χ4v) is 1.87. The minimum atomic E-state index is -0.438. The predicted molar refractivity (Wildman–Crippen MR) is 73.4 cm³/mol. The van der Waals surface area contributed by atoms with Crippen molar-refractivity contribution in [1.29, 1.82) is 0 Å². The molecule has 0 heterocycles. The molecule has 19 heavy (non-hydrogen) atoms. The molecule has 0 bridgehead atoms. The summed E-state index contributed by atoms with van der Waals surface area (Å²) in [6.07, 6.45) is 0. The van der Waals surface area contributed by atoms with E-state index in [2.05, 4.69) is 15.9 Å². The highest BCUT2D eigenvalue weighted by atomic mass is 79.9. The lowest BCUT2D eigenvalue weighted by molar-refractivity contribution is -0.145. The fraction of sp³-hybridized carbons (Fsp3) is 0.462. The van der Waals surface area contributed by atoms with Crippen molar-refractivity contribution in [3.05, 3.63) is 22.2 Å². The average Bonchev–Trinajstić information content (AvgIpc) is 2.39. The largest absolute Gasteiger partial charge is 0.490 e. The van der Waals surface area contributed by atoms with Gasteiger partial charge in [0, 0.05) is 4.47 Å². The van der Waals surface area contributed by atoms with E-state index in [4.69, 9.17) is 14.2 Å². The van der Waals surface area contributed by atoms with Crippen molar-refractivity contribution in [1.82, 2.24) is 0 Å². The summed E-state index contributed by atoms with van der Waals surface area (Å²) in [6.45, 7) is 4.06. The molecule has 106 valence electrons. The Balaban J connectivity index is 2.85. The van der Waals surface area contributed by atoms with Gasteiger partial charge < -0.3 is 19.3 Å². The van der Waals surface area contributed by atoms with Gasteiger partial charge in [-0.3, -0.25) is 0 Å². The SMILES string of the molecule is CCOC(=O)COc1cc(Br)c(CO)cc1OCC. The number of hydrogen-bond acceptors (Lipinski definition) is 5. The van der Waals surface area contributed by atoms with E-state index < -0.39 is 5.97 Å². The van der Waals surface area contributed by atoms with Crippen molar-refractivity contribution in [2.75, 3.05) is 19.8 Å². The van der Waals surface area contributed by atoms with Gasteiger partial charge in [-0.1, -0.05) is 15.9 Å². The molecule has 1 N–H and O–H groups in total. The molecule has 0 atom stereocenters. The van der Waals surface area contributed by atoms with Gasteiger partial charge >= 0.3 is 5.97 Å². The van der Waals surface area contributed by atoms with E-state index in [1.165, 1.54) is 0 Å². The van der Waals surface area contributed by atoms with Crippen LogP contribution in [0.25, 0.3) is 0 Å². The number of benzene rings is 1. The lowest BCUT2D eigenvalue weighted by Crippen LogP contribution is -2.15. The summed E-state index contributed by atoms with van der Waals surface area (Å²) in [5, 5.41) is 9.19. The standard InChI is InChI=1S/C13H17BrO5/c1-3-17-11-5-9(7-15)10(14)6-12(11)19-8-13(16)18-4-2/h5-6,15H,3-4,7-8H2,1-2H3. The van der Waals surface area contributed by atoms with Crippen LogP contribution in [0.4, 0.5) is 0 Å². The smallest absolute Gasteiger partial charge is 0.344 e. The van der Waals surface area contributed by atoms with Crippen LogP contribution in [0.15, 0.2) is 16.6 Å². The molecular weight excluding hydrogens is 316 g/mol. The Hall–Kier alpha value is -1.27. The Bertz CT molecular complexity index is 433. The topological polar surface area (TPSA) is 65.0 Å². The summed E-state index contributed by atoms with van der Waals surface area (Å²) in [7, 11) is 0. The van der Waals surface area contributed by atoms with Gasteiger partial charge in [0.1, 0.15) is 0 Å². The van der Waals surface area contributed by atoms with Gasteiger partial charge in [-0.2, -0.15) is 0 Å². The van der Waals surface area contributed by atoms with Gasteiger partial charge in [-0.15, -0.1) is 0 Å². The highest BCUT2D eigenvalue weighted by Crippen LogP contribution is 2.33. The monoisotopic (exact) mass is 332 g/mol. The van der Waals surface area contributed by atoms with E-state index in [1.54, 1.807) is 19.1 Å². The molecule has 1 rings (SSSR count). The first-order chi connectivity index (χ1) is 9.12. The third-order valence-electron chi connectivity index (χ3n) is 2.23. The van der Waals surface area contributed by atoms with Gasteiger partial charge in [0.15, 0.2) is 18.1 Å². The van der Waals surface area contributed by atoms with Crippen molar-refractivity contribution in [3.8, 4) is 11.5 Å². The zero-order valence-corrected chi connectivity index (χ0v) is 12.5. The van der Waals surface area contributed by atoms with Crippen LogP contribution in [0.2, 0.25) is 0 Å². The number of hydrogen-bond donors (Lipinski definition) is 1. The summed E-state index contributed by atoms with van der Waals surface area (Å²) in [6, 6.07) is 3.34. The maximum Gasteiger partial charge on any atom is 0.344 e. The van der Waals surface area contributed by atoms with E-state index in [1.807, 2.05) is 6.92 Å². The van der Waals surface area contributed by atoms with Crippen LogP contribution in [0.1, 0.15) is 19.4 Å².